The van der Waals surface area contributed by atoms with Gasteiger partial charge in [-0.15, -0.1) is 0 Å². The lowest BCUT2D eigenvalue weighted by Crippen LogP contribution is -2.55. The maximum absolute atomic E-state index is 13.5. The molecule has 0 saturated carbocycles. The van der Waals surface area contributed by atoms with Gasteiger partial charge in [0.25, 0.3) is 5.91 Å². The Morgan fingerprint density at radius 1 is 1.53 bits per heavy atom. The molecule has 0 radical (unpaired) electrons. The molecule has 104 valence electrons. The van der Waals surface area contributed by atoms with Gasteiger partial charge in [0.15, 0.2) is 5.54 Å². The molecular weight excluding hydrogens is 277 g/mol. The van der Waals surface area contributed by atoms with Crippen LogP contribution < -0.4 is 5.32 Å². The first kappa shape index (κ1) is 15.4. The number of hydrogen-bond acceptors (Lipinski definition) is 3. The highest BCUT2D eigenvalue weighted by Gasteiger charge is 2.35. The summed E-state index contributed by atoms with van der Waals surface area (Å²) in [7, 11) is 1.30. The van der Waals surface area contributed by atoms with Crippen LogP contribution in [0.2, 0.25) is 5.02 Å². The number of carboxylic acids is 1. The van der Waals surface area contributed by atoms with E-state index in [0.717, 1.165) is 6.07 Å². The molecule has 1 amide bonds. The van der Waals surface area contributed by atoms with Gasteiger partial charge in [-0.05, 0) is 25.1 Å². The standard InChI is InChI=1S/C12H13ClFNO4/c1-12(6-19-2,11(17)18)15-10(16)8-4-3-7(13)5-9(8)14/h3-5H,6H2,1-2H3,(H,15,16)(H,17,18). The topological polar surface area (TPSA) is 75.6 Å². The average molecular weight is 290 g/mol. The molecule has 1 aromatic rings. The number of nitrogens with one attached hydrogen (secondary N) is 1. The maximum Gasteiger partial charge on any atom is 0.331 e. The van der Waals surface area contributed by atoms with E-state index in [-0.39, 0.29) is 17.2 Å². The van der Waals surface area contributed by atoms with Crippen LogP contribution in [0.25, 0.3) is 0 Å². The molecule has 0 heterocycles. The van der Waals surface area contributed by atoms with Crippen molar-refractivity contribution in [1.29, 1.82) is 0 Å². The van der Waals surface area contributed by atoms with Gasteiger partial charge < -0.3 is 15.2 Å². The SMILES string of the molecule is COCC(C)(NC(=O)c1ccc(Cl)cc1F)C(=O)O. The van der Waals surface area contributed by atoms with Crippen molar-refractivity contribution in [2.75, 3.05) is 13.7 Å². The van der Waals surface area contributed by atoms with E-state index in [1.165, 1.54) is 26.2 Å². The first-order valence-electron chi connectivity index (χ1n) is 5.30. The molecule has 1 unspecified atom stereocenters. The summed E-state index contributed by atoms with van der Waals surface area (Å²) in [6.45, 7) is 1.02. The minimum atomic E-state index is -1.64. The van der Waals surface area contributed by atoms with Crippen LogP contribution in [-0.2, 0) is 9.53 Å². The van der Waals surface area contributed by atoms with E-state index < -0.39 is 23.2 Å². The lowest BCUT2D eigenvalue weighted by Gasteiger charge is -2.25. The molecule has 1 aromatic carbocycles. The van der Waals surface area contributed by atoms with E-state index >= 15 is 0 Å². The number of aliphatic carboxylic acids is 1. The van der Waals surface area contributed by atoms with Crippen molar-refractivity contribution in [3.63, 3.8) is 0 Å². The van der Waals surface area contributed by atoms with Crippen LogP contribution in [0.4, 0.5) is 4.39 Å². The van der Waals surface area contributed by atoms with Crippen molar-refractivity contribution < 1.29 is 23.8 Å². The second-order valence-corrected chi connectivity index (χ2v) is 4.59. The van der Waals surface area contributed by atoms with Gasteiger partial charge in [0.1, 0.15) is 5.82 Å². The molecular formula is C12H13ClFNO4. The van der Waals surface area contributed by atoms with E-state index in [2.05, 4.69) is 5.32 Å². The Morgan fingerprint density at radius 3 is 2.63 bits per heavy atom. The summed E-state index contributed by atoms with van der Waals surface area (Å²) in [4.78, 5) is 23.0. The summed E-state index contributed by atoms with van der Waals surface area (Å²) < 4.78 is 18.3. The van der Waals surface area contributed by atoms with Gasteiger partial charge >= 0.3 is 5.97 Å². The number of hydrogen-bond donors (Lipinski definition) is 2. The Bertz CT molecular complexity index is 509. The monoisotopic (exact) mass is 289 g/mol. The van der Waals surface area contributed by atoms with Gasteiger partial charge in [0.05, 0.1) is 12.2 Å². The highest BCUT2D eigenvalue weighted by Crippen LogP contribution is 2.16. The Morgan fingerprint density at radius 2 is 2.16 bits per heavy atom. The van der Waals surface area contributed by atoms with Crippen molar-refractivity contribution >= 4 is 23.5 Å². The van der Waals surface area contributed by atoms with Crippen LogP contribution in [0.5, 0.6) is 0 Å². The summed E-state index contributed by atoms with van der Waals surface area (Å²) in [5, 5.41) is 11.4. The third-order valence-corrected chi connectivity index (χ3v) is 2.71. The van der Waals surface area contributed by atoms with E-state index in [4.69, 9.17) is 21.4 Å². The highest BCUT2D eigenvalue weighted by atomic mass is 35.5. The van der Waals surface area contributed by atoms with Gasteiger partial charge in [0.2, 0.25) is 0 Å². The zero-order valence-electron chi connectivity index (χ0n) is 10.4. The number of carboxylic acid groups (broad SMARTS) is 1. The number of benzene rings is 1. The minimum Gasteiger partial charge on any atom is -0.479 e. The fourth-order valence-electron chi connectivity index (χ4n) is 1.43. The van der Waals surface area contributed by atoms with E-state index in [9.17, 15) is 14.0 Å². The molecule has 0 aromatic heterocycles. The second-order valence-electron chi connectivity index (χ2n) is 4.15. The Kier molecular flexibility index (Phi) is 4.85. The molecule has 2 N–H and O–H groups in total. The molecule has 5 nitrogen and oxygen atoms in total. The second kappa shape index (κ2) is 5.99. The number of halogens is 2. The van der Waals surface area contributed by atoms with E-state index in [0.29, 0.717) is 0 Å². The number of ether oxygens (including phenoxy) is 1. The minimum absolute atomic E-state index is 0.145. The number of methoxy groups -OCH3 is 1. The normalized spacial score (nSPS) is 13.7. The summed E-state index contributed by atoms with van der Waals surface area (Å²) in [5.41, 5.74) is -1.93. The first-order chi connectivity index (χ1) is 8.80. The molecule has 0 saturated heterocycles. The summed E-state index contributed by atoms with van der Waals surface area (Å²) in [6.07, 6.45) is 0. The van der Waals surface area contributed by atoms with Crippen LogP contribution >= 0.6 is 11.6 Å². The summed E-state index contributed by atoms with van der Waals surface area (Å²) in [6, 6.07) is 3.50. The van der Waals surface area contributed by atoms with Crippen LogP contribution in [0.15, 0.2) is 18.2 Å². The van der Waals surface area contributed by atoms with Gasteiger partial charge in [0, 0.05) is 12.1 Å². The lowest BCUT2D eigenvalue weighted by atomic mass is 10.0. The Labute approximate surface area is 114 Å². The van der Waals surface area contributed by atoms with Crippen molar-refractivity contribution in [3.05, 3.63) is 34.6 Å². The first-order valence-corrected chi connectivity index (χ1v) is 5.68. The van der Waals surface area contributed by atoms with Gasteiger partial charge in [-0.2, -0.15) is 0 Å². The van der Waals surface area contributed by atoms with Crippen molar-refractivity contribution in [1.82, 2.24) is 5.32 Å². The fraction of sp³-hybridized carbons (Fsp3) is 0.333. The molecule has 0 fully saturated rings. The largest absolute Gasteiger partial charge is 0.479 e. The average Bonchev–Trinajstić information content (AvgIpc) is 2.28. The molecule has 0 aliphatic rings. The van der Waals surface area contributed by atoms with Gasteiger partial charge in [-0.1, -0.05) is 11.6 Å². The Hall–Kier alpha value is -1.66. The maximum atomic E-state index is 13.5. The summed E-state index contributed by atoms with van der Waals surface area (Å²) in [5.74, 6) is -2.96. The predicted molar refractivity (Wildman–Crippen MR) is 66.8 cm³/mol. The fourth-order valence-corrected chi connectivity index (χ4v) is 1.59. The molecule has 0 spiro atoms. The van der Waals surface area contributed by atoms with Gasteiger partial charge in [-0.25, -0.2) is 9.18 Å². The number of rotatable bonds is 5. The molecule has 7 heteroatoms. The molecule has 1 rings (SSSR count). The van der Waals surface area contributed by atoms with Crippen molar-refractivity contribution in [2.45, 2.75) is 12.5 Å². The number of carbonyl (C=O) groups excluding carboxylic acids is 1. The molecule has 0 bridgehead atoms. The molecule has 19 heavy (non-hydrogen) atoms. The third kappa shape index (κ3) is 3.65. The Balaban J connectivity index is 2.97. The van der Waals surface area contributed by atoms with Crippen LogP contribution in [0, 0.1) is 5.82 Å². The smallest absolute Gasteiger partial charge is 0.331 e. The third-order valence-electron chi connectivity index (χ3n) is 2.47. The van der Waals surface area contributed by atoms with E-state index in [1.54, 1.807) is 0 Å². The zero-order valence-corrected chi connectivity index (χ0v) is 11.1. The summed E-state index contributed by atoms with van der Waals surface area (Å²) >= 11 is 5.57. The van der Waals surface area contributed by atoms with Crippen LogP contribution in [-0.4, -0.2) is 36.2 Å². The zero-order chi connectivity index (χ0) is 14.6. The predicted octanol–water partition coefficient (Wildman–Crippen LogP) is 1.70. The molecule has 1 atom stereocenters. The quantitative estimate of drug-likeness (QED) is 0.865. The van der Waals surface area contributed by atoms with Crippen LogP contribution in [0.3, 0.4) is 0 Å². The van der Waals surface area contributed by atoms with Gasteiger partial charge in [-0.3, -0.25) is 4.79 Å². The molecule has 0 aliphatic heterocycles. The van der Waals surface area contributed by atoms with Crippen molar-refractivity contribution in [2.24, 2.45) is 0 Å². The highest BCUT2D eigenvalue weighted by molar-refractivity contribution is 6.30. The molecule has 0 aliphatic carbocycles. The number of carbonyl (C=O) groups is 2. The van der Waals surface area contributed by atoms with E-state index in [1.807, 2.05) is 0 Å². The van der Waals surface area contributed by atoms with Crippen LogP contribution in [0.1, 0.15) is 17.3 Å². The number of amides is 1. The van der Waals surface area contributed by atoms with Crippen molar-refractivity contribution in [3.8, 4) is 0 Å². The lowest BCUT2D eigenvalue weighted by molar-refractivity contribution is -0.145.